The third-order valence-corrected chi connectivity index (χ3v) is 6.60. The zero-order chi connectivity index (χ0) is 20.9. The number of aryl methyl sites for hydroxylation is 1. The molecule has 0 radical (unpaired) electrons. The van der Waals surface area contributed by atoms with Gasteiger partial charge in [0.05, 0.1) is 25.6 Å². The van der Waals surface area contributed by atoms with Crippen LogP contribution in [-0.2, 0) is 14.8 Å². The summed E-state index contributed by atoms with van der Waals surface area (Å²) in [6, 6.07) is -0.0847. The highest BCUT2D eigenvalue weighted by Crippen LogP contribution is 2.38. The first kappa shape index (κ1) is 22.4. The Morgan fingerprint density at radius 3 is 2.66 bits per heavy atom. The average molecular weight is 427 g/mol. The zero-order valence-electron chi connectivity index (χ0n) is 17.7. The maximum absolute atomic E-state index is 11.6. The van der Waals surface area contributed by atoms with E-state index in [1.54, 1.807) is 6.33 Å². The molecule has 2 atom stereocenters. The lowest BCUT2D eigenvalue weighted by Crippen LogP contribution is -2.55. The van der Waals surface area contributed by atoms with Gasteiger partial charge in [-0.2, -0.15) is 0 Å². The summed E-state index contributed by atoms with van der Waals surface area (Å²) in [4.78, 5) is 8.69. The van der Waals surface area contributed by atoms with E-state index >= 15 is 0 Å². The number of piperidine rings is 1. The topological polar surface area (TPSA) is 102 Å². The Kier molecular flexibility index (Phi) is 7.84. The van der Waals surface area contributed by atoms with Gasteiger partial charge in [0.25, 0.3) is 0 Å². The third kappa shape index (κ3) is 6.34. The number of nitrogens with one attached hydrogen (secondary N) is 2. The Bertz CT molecular complexity index is 766. The molecule has 0 spiro atoms. The van der Waals surface area contributed by atoms with Gasteiger partial charge in [-0.25, -0.2) is 23.1 Å². The van der Waals surface area contributed by atoms with Crippen LogP contribution in [0.1, 0.15) is 62.6 Å². The summed E-state index contributed by atoms with van der Waals surface area (Å²) in [5, 5.41) is 3.41. The van der Waals surface area contributed by atoms with Crippen molar-refractivity contribution in [3.8, 4) is 5.88 Å². The molecule has 1 aliphatic carbocycles. The van der Waals surface area contributed by atoms with Crippen LogP contribution in [0.5, 0.6) is 5.88 Å². The Morgan fingerprint density at radius 2 is 1.97 bits per heavy atom. The maximum Gasteiger partial charge on any atom is 0.220 e. The van der Waals surface area contributed by atoms with Crippen molar-refractivity contribution >= 4 is 10.0 Å². The van der Waals surface area contributed by atoms with E-state index in [4.69, 9.17) is 9.47 Å². The van der Waals surface area contributed by atoms with Gasteiger partial charge >= 0.3 is 0 Å². The molecule has 1 saturated heterocycles. The standard InChI is InChI=1S/C20H34N4O4S/c1-4-27-20-19(14(2)22-13-23-20)15-7-9-16(10-8-15)28-12-18-17(6-5-11-21-18)24-29(3,25)26/h13,15-18,21,24H,4-12H2,1-3H3/t15?,16?,17-,18-/m0/s1. The molecule has 2 aliphatic rings. The predicted molar refractivity (Wildman–Crippen MR) is 112 cm³/mol. The molecule has 1 aromatic rings. The Hall–Kier alpha value is -1.29. The van der Waals surface area contributed by atoms with Crippen LogP contribution in [0, 0.1) is 6.92 Å². The van der Waals surface area contributed by atoms with Gasteiger partial charge in [0.2, 0.25) is 15.9 Å². The van der Waals surface area contributed by atoms with Gasteiger partial charge in [-0.05, 0) is 64.8 Å². The molecule has 0 bridgehead atoms. The second-order valence-electron chi connectivity index (χ2n) is 8.12. The van der Waals surface area contributed by atoms with E-state index in [-0.39, 0.29) is 18.2 Å². The van der Waals surface area contributed by atoms with E-state index in [0.717, 1.165) is 56.3 Å². The molecule has 8 nitrogen and oxygen atoms in total. The maximum atomic E-state index is 11.6. The van der Waals surface area contributed by atoms with E-state index in [1.165, 1.54) is 6.26 Å². The molecular formula is C20H34N4O4S. The first-order valence-corrected chi connectivity index (χ1v) is 12.5. The minimum atomic E-state index is -3.22. The molecule has 164 valence electrons. The van der Waals surface area contributed by atoms with Crippen molar-refractivity contribution in [2.75, 3.05) is 26.0 Å². The van der Waals surface area contributed by atoms with Crippen molar-refractivity contribution in [3.05, 3.63) is 17.6 Å². The molecule has 1 saturated carbocycles. The minimum absolute atomic E-state index is 0.0190. The lowest BCUT2D eigenvalue weighted by molar-refractivity contribution is 0.00502. The van der Waals surface area contributed by atoms with Crippen molar-refractivity contribution in [2.24, 2.45) is 0 Å². The molecule has 1 aromatic heterocycles. The highest BCUT2D eigenvalue weighted by atomic mass is 32.2. The quantitative estimate of drug-likeness (QED) is 0.654. The summed E-state index contributed by atoms with van der Waals surface area (Å²) in [7, 11) is -3.22. The number of sulfonamides is 1. The third-order valence-electron chi connectivity index (χ3n) is 5.87. The Labute approximate surface area is 174 Å². The van der Waals surface area contributed by atoms with E-state index in [1.807, 2.05) is 13.8 Å². The summed E-state index contributed by atoms with van der Waals surface area (Å²) in [6.45, 7) is 6.01. The van der Waals surface area contributed by atoms with Crippen molar-refractivity contribution < 1.29 is 17.9 Å². The van der Waals surface area contributed by atoms with Crippen LogP contribution in [0.2, 0.25) is 0 Å². The molecular weight excluding hydrogens is 392 g/mol. The number of hydrogen-bond donors (Lipinski definition) is 2. The van der Waals surface area contributed by atoms with Gasteiger partial charge in [0, 0.05) is 23.3 Å². The van der Waals surface area contributed by atoms with Crippen molar-refractivity contribution in [1.29, 1.82) is 0 Å². The fourth-order valence-electron chi connectivity index (χ4n) is 4.49. The summed E-state index contributed by atoms with van der Waals surface area (Å²) < 4.78 is 37.9. The van der Waals surface area contributed by atoms with E-state index in [9.17, 15) is 8.42 Å². The highest BCUT2D eigenvalue weighted by molar-refractivity contribution is 7.88. The van der Waals surface area contributed by atoms with Crippen LogP contribution in [0.15, 0.2) is 6.33 Å². The Morgan fingerprint density at radius 1 is 1.21 bits per heavy atom. The van der Waals surface area contributed by atoms with Crippen molar-refractivity contribution in [3.63, 3.8) is 0 Å². The number of aromatic nitrogens is 2. The van der Waals surface area contributed by atoms with Gasteiger partial charge in [-0.3, -0.25) is 0 Å². The van der Waals surface area contributed by atoms with Gasteiger partial charge in [-0.15, -0.1) is 0 Å². The van der Waals surface area contributed by atoms with Gasteiger partial charge in [0.15, 0.2) is 0 Å². The fourth-order valence-corrected chi connectivity index (χ4v) is 5.32. The second kappa shape index (κ2) is 10.1. The van der Waals surface area contributed by atoms with Crippen LogP contribution in [0.25, 0.3) is 0 Å². The molecule has 0 amide bonds. The first-order valence-electron chi connectivity index (χ1n) is 10.6. The van der Waals surface area contributed by atoms with Crippen LogP contribution < -0.4 is 14.8 Å². The first-order chi connectivity index (χ1) is 13.9. The van der Waals surface area contributed by atoms with Crippen LogP contribution >= 0.6 is 0 Å². The monoisotopic (exact) mass is 426 g/mol. The molecule has 2 heterocycles. The molecule has 1 aliphatic heterocycles. The molecule has 2 N–H and O–H groups in total. The number of hydrogen-bond acceptors (Lipinski definition) is 7. The summed E-state index contributed by atoms with van der Waals surface area (Å²) in [6.07, 6.45) is 8.77. The summed E-state index contributed by atoms with van der Waals surface area (Å²) in [5.41, 5.74) is 2.13. The normalized spacial score (nSPS) is 28.2. The van der Waals surface area contributed by atoms with Crippen molar-refractivity contribution in [2.45, 2.75) is 76.5 Å². The van der Waals surface area contributed by atoms with Gasteiger partial charge < -0.3 is 14.8 Å². The molecule has 0 unspecified atom stereocenters. The summed E-state index contributed by atoms with van der Waals surface area (Å²) >= 11 is 0. The highest BCUT2D eigenvalue weighted by Gasteiger charge is 2.31. The molecule has 29 heavy (non-hydrogen) atoms. The minimum Gasteiger partial charge on any atom is -0.478 e. The summed E-state index contributed by atoms with van der Waals surface area (Å²) in [5.74, 6) is 1.11. The Balaban J connectivity index is 1.52. The smallest absolute Gasteiger partial charge is 0.220 e. The number of ether oxygens (including phenoxy) is 2. The van der Waals surface area contributed by atoms with E-state index in [2.05, 4.69) is 20.0 Å². The lowest BCUT2D eigenvalue weighted by atomic mass is 9.82. The largest absolute Gasteiger partial charge is 0.478 e. The van der Waals surface area contributed by atoms with Gasteiger partial charge in [0.1, 0.15) is 6.33 Å². The van der Waals surface area contributed by atoms with Crippen LogP contribution in [0.3, 0.4) is 0 Å². The zero-order valence-corrected chi connectivity index (χ0v) is 18.5. The van der Waals surface area contributed by atoms with Crippen LogP contribution in [0.4, 0.5) is 0 Å². The second-order valence-corrected chi connectivity index (χ2v) is 9.90. The molecule has 9 heteroatoms. The SMILES string of the molecule is CCOc1ncnc(C)c1C1CCC(OC[C@@H]2NCCC[C@@H]2NS(C)(=O)=O)CC1. The molecule has 0 aromatic carbocycles. The number of rotatable bonds is 8. The van der Waals surface area contributed by atoms with E-state index in [0.29, 0.717) is 25.0 Å². The van der Waals surface area contributed by atoms with E-state index < -0.39 is 10.0 Å². The van der Waals surface area contributed by atoms with Crippen LogP contribution in [-0.4, -0.2) is 62.6 Å². The molecule has 3 rings (SSSR count). The predicted octanol–water partition coefficient (Wildman–Crippen LogP) is 1.90. The lowest BCUT2D eigenvalue weighted by Gasteiger charge is -2.35. The average Bonchev–Trinajstić information content (AvgIpc) is 2.67. The van der Waals surface area contributed by atoms with Crippen molar-refractivity contribution in [1.82, 2.24) is 20.0 Å². The fraction of sp³-hybridized carbons (Fsp3) is 0.800. The number of nitrogens with zero attached hydrogens (tertiary/aromatic N) is 2. The van der Waals surface area contributed by atoms with Gasteiger partial charge in [-0.1, -0.05) is 0 Å². The molecule has 2 fully saturated rings.